The fourth-order valence-corrected chi connectivity index (χ4v) is 2.96. The Hall–Kier alpha value is -2.12. The number of aromatic amines is 1. The third-order valence-corrected chi connectivity index (χ3v) is 4.17. The van der Waals surface area contributed by atoms with Crippen molar-refractivity contribution in [3.8, 4) is 0 Å². The highest BCUT2D eigenvalue weighted by Crippen LogP contribution is 2.14. The van der Waals surface area contributed by atoms with Gasteiger partial charge in [-0.3, -0.25) is 14.4 Å². The monoisotopic (exact) mass is 352 g/mol. The molecule has 1 aliphatic heterocycles. The normalized spacial score (nSPS) is 15.0. The van der Waals surface area contributed by atoms with Crippen molar-refractivity contribution in [3.63, 3.8) is 0 Å². The van der Waals surface area contributed by atoms with Crippen LogP contribution in [0.25, 0.3) is 11.0 Å². The summed E-state index contributed by atoms with van der Waals surface area (Å²) in [5, 5.41) is 3.26. The maximum absolute atomic E-state index is 12.6. The Labute approximate surface area is 145 Å². The Morgan fingerprint density at radius 1 is 1.21 bits per heavy atom. The van der Waals surface area contributed by atoms with E-state index in [0.717, 1.165) is 26.1 Å². The number of nitrogens with zero attached hydrogens (tertiary/aromatic N) is 2. The van der Waals surface area contributed by atoms with Crippen molar-refractivity contribution in [1.29, 1.82) is 0 Å². The Balaban J connectivity index is 0.00000208. The van der Waals surface area contributed by atoms with E-state index in [1.54, 1.807) is 18.2 Å². The number of H-pyrrole nitrogens is 1. The van der Waals surface area contributed by atoms with E-state index in [1.165, 1.54) is 4.57 Å². The minimum atomic E-state index is -0.664. The molecule has 0 atom stereocenters. The van der Waals surface area contributed by atoms with E-state index in [-0.39, 0.29) is 18.3 Å². The Morgan fingerprint density at radius 2 is 2.00 bits per heavy atom. The SMILES string of the molecule is CCn1c(=O)c(=O)[nH]c2cc(C(=O)N3CCCNCC3)ccc21.Cl. The largest absolute Gasteiger partial charge is 0.337 e. The number of nitrogens with one attached hydrogen (secondary N) is 2. The summed E-state index contributed by atoms with van der Waals surface area (Å²) in [6, 6.07) is 5.09. The lowest BCUT2D eigenvalue weighted by Gasteiger charge is -2.20. The zero-order valence-electron chi connectivity index (χ0n) is 13.5. The molecular formula is C16H21ClN4O3. The van der Waals surface area contributed by atoms with Gasteiger partial charge in [0.25, 0.3) is 5.91 Å². The standard InChI is InChI=1S/C16H20N4O3.ClH/c1-2-20-13-5-4-11(10-12(13)18-14(21)16(20)23)15(22)19-8-3-6-17-7-9-19;/h4-5,10,17H,2-3,6-9H2,1H3,(H,18,21);1H. The lowest BCUT2D eigenvalue weighted by atomic mass is 10.1. The summed E-state index contributed by atoms with van der Waals surface area (Å²) in [6.45, 7) is 5.30. The third-order valence-electron chi connectivity index (χ3n) is 4.17. The number of carbonyl (C=O) groups excluding carboxylic acids is 1. The smallest absolute Gasteiger partial charge is 0.316 e. The van der Waals surface area contributed by atoms with E-state index in [9.17, 15) is 14.4 Å². The molecule has 2 N–H and O–H groups in total. The van der Waals surface area contributed by atoms with E-state index in [0.29, 0.717) is 29.7 Å². The molecule has 2 aromatic rings. The first-order valence-corrected chi connectivity index (χ1v) is 7.88. The predicted molar refractivity (Wildman–Crippen MR) is 95.1 cm³/mol. The van der Waals surface area contributed by atoms with Crippen molar-refractivity contribution in [2.24, 2.45) is 0 Å². The maximum Gasteiger partial charge on any atom is 0.316 e. The summed E-state index contributed by atoms with van der Waals surface area (Å²) in [5.41, 5.74) is 0.429. The number of hydrogen-bond donors (Lipinski definition) is 2. The zero-order chi connectivity index (χ0) is 16.4. The number of hydrogen-bond acceptors (Lipinski definition) is 4. The highest BCUT2D eigenvalue weighted by molar-refractivity contribution is 5.97. The fraction of sp³-hybridized carbons (Fsp3) is 0.438. The van der Waals surface area contributed by atoms with Gasteiger partial charge in [0.2, 0.25) is 0 Å². The first-order chi connectivity index (χ1) is 11.1. The van der Waals surface area contributed by atoms with Gasteiger partial charge in [-0.05, 0) is 38.1 Å². The number of aryl methyl sites for hydroxylation is 1. The van der Waals surface area contributed by atoms with Crippen LogP contribution < -0.4 is 16.4 Å². The molecular weight excluding hydrogens is 332 g/mol. The van der Waals surface area contributed by atoms with Crippen LogP contribution >= 0.6 is 12.4 Å². The number of rotatable bonds is 2. The maximum atomic E-state index is 12.6. The molecule has 1 aliphatic rings. The molecule has 1 fully saturated rings. The highest BCUT2D eigenvalue weighted by atomic mass is 35.5. The Morgan fingerprint density at radius 3 is 2.75 bits per heavy atom. The van der Waals surface area contributed by atoms with Crippen molar-refractivity contribution in [2.75, 3.05) is 26.2 Å². The van der Waals surface area contributed by atoms with Crippen molar-refractivity contribution < 1.29 is 4.79 Å². The molecule has 2 heterocycles. The van der Waals surface area contributed by atoms with Crippen molar-refractivity contribution in [2.45, 2.75) is 19.9 Å². The molecule has 0 saturated carbocycles. The first-order valence-electron chi connectivity index (χ1n) is 7.88. The van der Waals surface area contributed by atoms with E-state index in [2.05, 4.69) is 10.3 Å². The molecule has 1 amide bonds. The average Bonchev–Trinajstić information content (AvgIpc) is 2.84. The van der Waals surface area contributed by atoms with Crippen LogP contribution in [0.2, 0.25) is 0 Å². The van der Waals surface area contributed by atoms with Crippen LogP contribution in [0, 0.1) is 0 Å². The summed E-state index contributed by atoms with van der Waals surface area (Å²) in [7, 11) is 0. The molecule has 0 radical (unpaired) electrons. The van der Waals surface area contributed by atoms with E-state index >= 15 is 0 Å². The number of benzene rings is 1. The van der Waals surface area contributed by atoms with Crippen LogP contribution in [-0.2, 0) is 6.54 Å². The second kappa shape index (κ2) is 7.63. The van der Waals surface area contributed by atoms with Gasteiger partial charge in [0.1, 0.15) is 0 Å². The number of halogens is 1. The minimum Gasteiger partial charge on any atom is -0.337 e. The number of carbonyl (C=O) groups is 1. The van der Waals surface area contributed by atoms with E-state index in [4.69, 9.17) is 0 Å². The highest BCUT2D eigenvalue weighted by Gasteiger charge is 2.18. The molecule has 130 valence electrons. The van der Waals surface area contributed by atoms with E-state index in [1.807, 2.05) is 11.8 Å². The van der Waals surface area contributed by atoms with E-state index < -0.39 is 11.1 Å². The summed E-state index contributed by atoms with van der Waals surface area (Å²) in [6.07, 6.45) is 0.922. The van der Waals surface area contributed by atoms with Gasteiger partial charge in [0, 0.05) is 31.7 Å². The van der Waals surface area contributed by atoms with Crippen molar-refractivity contribution >= 4 is 29.3 Å². The predicted octanol–water partition coefficient (Wildman–Crippen LogP) is 0.567. The lowest BCUT2D eigenvalue weighted by molar-refractivity contribution is 0.0766. The van der Waals surface area contributed by atoms with Gasteiger partial charge in [-0.15, -0.1) is 12.4 Å². The summed E-state index contributed by atoms with van der Waals surface area (Å²) >= 11 is 0. The summed E-state index contributed by atoms with van der Waals surface area (Å²) in [5.74, 6) is -0.0503. The Kier molecular flexibility index (Phi) is 5.80. The summed E-state index contributed by atoms with van der Waals surface area (Å²) < 4.78 is 1.41. The number of fused-ring (bicyclic) bond motifs is 1. The second-order valence-corrected chi connectivity index (χ2v) is 5.63. The van der Waals surface area contributed by atoms with Crippen LogP contribution in [0.1, 0.15) is 23.7 Å². The summed E-state index contributed by atoms with van der Waals surface area (Å²) in [4.78, 5) is 40.6. The van der Waals surface area contributed by atoms with Crippen LogP contribution in [-0.4, -0.2) is 46.5 Å². The second-order valence-electron chi connectivity index (χ2n) is 5.63. The number of amides is 1. The molecule has 24 heavy (non-hydrogen) atoms. The molecule has 3 rings (SSSR count). The molecule has 1 saturated heterocycles. The van der Waals surface area contributed by atoms with Crippen molar-refractivity contribution in [3.05, 3.63) is 44.5 Å². The van der Waals surface area contributed by atoms with Crippen LogP contribution in [0.4, 0.5) is 0 Å². The third kappa shape index (κ3) is 3.37. The van der Waals surface area contributed by atoms with Gasteiger partial charge >= 0.3 is 11.1 Å². The van der Waals surface area contributed by atoms with Gasteiger partial charge in [0.05, 0.1) is 11.0 Å². The first kappa shape index (κ1) is 18.2. The molecule has 0 bridgehead atoms. The van der Waals surface area contributed by atoms with Gasteiger partial charge in [-0.25, -0.2) is 0 Å². The van der Waals surface area contributed by atoms with Crippen molar-refractivity contribution in [1.82, 2.24) is 19.8 Å². The van der Waals surface area contributed by atoms with Gasteiger partial charge < -0.3 is 19.8 Å². The molecule has 1 aromatic heterocycles. The van der Waals surface area contributed by atoms with Gasteiger partial charge in [0.15, 0.2) is 0 Å². The zero-order valence-corrected chi connectivity index (χ0v) is 14.3. The molecule has 0 unspecified atom stereocenters. The average molecular weight is 353 g/mol. The Bertz CT molecular complexity index is 851. The minimum absolute atomic E-state index is 0. The molecule has 0 spiro atoms. The van der Waals surface area contributed by atoms with Gasteiger partial charge in [-0.2, -0.15) is 0 Å². The molecule has 7 nitrogen and oxygen atoms in total. The quantitative estimate of drug-likeness (QED) is 0.773. The van der Waals surface area contributed by atoms with Crippen LogP contribution in [0.15, 0.2) is 27.8 Å². The lowest BCUT2D eigenvalue weighted by Crippen LogP contribution is -2.36. The van der Waals surface area contributed by atoms with Crippen LogP contribution in [0.3, 0.4) is 0 Å². The molecule has 1 aromatic carbocycles. The van der Waals surface area contributed by atoms with Gasteiger partial charge in [-0.1, -0.05) is 0 Å². The topological polar surface area (TPSA) is 87.2 Å². The molecule has 8 heteroatoms. The van der Waals surface area contributed by atoms with Crippen LogP contribution in [0.5, 0.6) is 0 Å². The fourth-order valence-electron chi connectivity index (χ4n) is 2.96. The number of aromatic nitrogens is 2. The molecule has 0 aliphatic carbocycles.